The molecule has 0 unspecified atom stereocenters. The third-order valence-corrected chi connectivity index (χ3v) is 7.91. The molecular weight excluding hydrogens is 423 g/mol. The van der Waals surface area contributed by atoms with Gasteiger partial charge in [-0.2, -0.15) is 13.2 Å². The van der Waals surface area contributed by atoms with Crippen molar-refractivity contribution in [2.45, 2.75) is 37.6 Å². The van der Waals surface area contributed by atoms with Crippen LogP contribution in [0, 0.1) is 11.8 Å². The number of hydrogen-bond donors (Lipinski definition) is 1. The minimum atomic E-state index is -4.32. The van der Waals surface area contributed by atoms with Crippen molar-refractivity contribution in [3.8, 4) is 0 Å². The van der Waals surface area contributed by atoms with E-state index in [1.54, 1.807) is 12.1 Å². The standard InChI is InChI=1S/C27H29F3N3/c1-2-19-17-33(16-18-7-9-21(10-8-18)27(28,29)30)14-12-20(19)15-25(33)26(31)23-11-13-32-24-6-4-3-5-22(23)24/h2-11,13,19-20,25-26H,1,12,14-17,31H2/q+1/t19-,20-,25-,26-,33+/m0/s1. The lowest BCUT2D eigenvalue weighted by Gasteiger charge is -2.58. The largest absolute Gasteiger partial charge is 0.416 e. The van der Waals surface area contributed by atoms with Crippen LogP contribution in [0.5, 0.6) is 0 Å². The number of nitrogens with zero attached hydrogens (tertiary/aromatic N) is 2. The van der Waals surface area contributed by atoms with E-state index in [4.69, 9.17) is 5.73 Å². The SMILES string of the molecule is C=C[C@H]1C[N@+]2(Cc3ccc(C(F)(F)F)cc3)CC[C@H]1C[C@H]2[C@@H](N)c1ccnc2ccccc12. The summed E-state index contributed by atoms with van der Waals surface area (Å²) in [6.07, 6.45) is 1.65. The Hall–Kier alpha value is -2.70. The van der Waals surface area contributed by atoms with Gasteiger partial charge in [0.15, 0.2) is 0 Å². The van der Waals surface area contributed by atoms with E-state index >= 15 is 0 Å². The fraction of sp³-hybridized carbons (Fsp3) is 0.370. The molecule has 2 bridgehead atoms. The van der Waals surface area contributed by atoms with Gasteiger partial charge in [-0.3, -0.25) is 4.98 Å². The highest BCUT2D eigenvalue weighted by atomic mass is 19.4. The van der Waals surface area contributed by atoms with Gasteiger partial charge in [0.1, 0.15) is 12.6 Å². The molecule has 33 heavy (non-hydrogen) atoms. The molecule has 0 radical (unpaired) electrons. The number of rotatable bonds is 5. The fourth-order valence-corrected chi connectivity index (χ4v) is 6.22. The van der Waals surface area contributed by atoms with E-state index in [-0.39, 0.29) is 12.1 Å². The van der Waals surface area contributed by atoms with Crippen molar-refractivity contribution < 1.29 is 17.7 Å². The number of hydrogen-bond acceptors (Lipinski definition) is 2. The lowest BCUT2D eigenvalue weighted by Crippen LogP contribution is -2.68. The van der Waals surface area contributed by atoms with E-state index in [9.17, 15) is 13.2 Å². The van der Waals surface area contributed by atoms with E-state index in [1.807, 2.05) is 30.5 Å². The van der Waals surface area contributed by atoms with Gasteiger partial charge in [-0.05, 0) is 35.7 Å². The predicted molar refractivity (Wildman–Crippen MR) is 124 cm³/mol. The van der Waals surface area contributed by atoms with Crippen molar-refractivity contribution >= 4 is 10.9 Å². The third kappa shape index (κ3) is 3.96. The maximum Gasteiger partial charge on any atom is 0.416 e. The molecule has 2 aromatic carbocycles. The summed E-state index contributed by atoms with van der Waals surface area (Å²) in [7, 11) is 0. The number of fused-ring (bicyclic) bond motifs is 4. The highest BCUT2D eigenvalue weighted by molar-refractivity contribution is 5.82. The van der Waals surface area contributed by atoms with Gasteiger partial charge in [0, 0.05) is 35.9 Å². The van der Waals surface area contributed by atoms with Crippen molar-refractivity contribution in [2.75, 3.05) is 13.1 Å². The van der Waals surface area contributed by atoms with Crippen LogP contribution in [0.3, 0.4) is 0 Å². The molecule has 6 heteroatoms. The van der Waals surface area contributed by atoms with Crippen LogP contribution in [0.2, 0.25) is 0 Å². The zero-order valence-corrected chi connectivity index (χ0v) is 18.5. The highest BCUT2D eigenvalue weighted by Crippen LogP contribution is 2.47. The van der Waals surface area contributed by atoms with Gasteiger partial charge in [0.2, 0.25) is 0 Å². The highest BCUT2D eigenvalue weighted by Gasteiger charge is 2.53. The Balaban J connectivity index is 1.51. The van der Waals surface area contributed by atoms with E-state index in [0.717, 1.165) is 52.4 Å². The molecule has 0 amide bonds. The van der Waals surface area contributed by atoms with Gasteiger partial charge in [0.05, 0.1) is 30.2 Å². The minimum Gasteiger partial charge on any atom is -0.319 e. The molecule has 3 aromatic rings. The zero-order chi connectivity index (χ0) is 23.2. The van der Waals surface area contributed by atoms with Crippen molar-refractivity contribution in [1.29, 1.82) is 0 Å². The monoisotopic (exact) mass is 452 g/mol. The van der Waals surface area contributed by atoms with Gasteiger partial charge in [0.25, 0.3) is 0 Å². The van der Waals surface area contributed by atoms with Crippen LogP contribution in [0.4, 0.5) is 13.2 Å². The van der Waals surface area contributed by atoms with Gasteiger partial charge < -0.3 is 10.2 Å². The second-order valence-corrected chi connectivity index (χ2v) is 9.67. The molecule has 2 N–H and O–H groups in total. The summed E-state index contributed by atoms with van der Waals surface area (Å²) in [5, 5.41) is 1.07. The number of para-hydroxylation sites is 1. The molecule has 172 valence electrons. The first-order valence-electron chi connectivity index (χ1n) is 11.5. The van der Waals surface area contributed by atoms with E-state index in [0.29, 0.717) is 18.4 Å². The molecule has 4 heterocycles. The molecule has 0 saturated carbocycles. The van der Waals surface area contributed by atoms with E-state index in [2.05, 4.69) is 23.7 Å². The first-order valence-corrected chi connectivity index (χ1v) is 11.5. The van der Waals surface area contributed by atoms with E-state index < -0.39 is 11.7 Å². The topological polar surface area (TPSA) is 38.9 Å². The maximum absolute atomic E-state index is 13.1. The van der Waals surface area contributed by atoms with Gasteiger partial charge in [-0.25, -0.2) is 0 Å². The lowest BCUT2D eigenvalue weighted by atomic mass is 9.70. The molecular formula is C27H29F3N3+. The van der Waals surface area contributed by atoms with Crippen LogP contribution in [0.1, 0.15) is 35.6 Å². The number of halogens is 3. The molecule has 0 aliphatic carbocycles. The van der Waals surface area contributed by atoms with Gasteiger partial charge >= 0.3 is 6.18 Å². The second-order valence-electron chi connectivity index (χ2n) is 9.67. The Bertz CT molecular complexity index is 1150. The van der Waals surface area contributed by atoms with Crippen molar-refractivity contribution in [2.24, 2.45) is 17.6 Å². The van der Waals surface area contributed by atoms with Crippen LogP contribution < -0.4 is 5.73 Å². The Kier molecular flexibility index (Phi) is 5.53. The third-order valence-electron chi connectivity index (χ3n) is 7.91. The smallest absolute Gasteiger partial charge is 0.319 e. The molecule has 3 saturated heterocycles. The summed E-state index contributed by atoms with van der Waals surface area (Å²) in [5.41, 5.74) is 9.35. The Morgan fingerprint density at radius 3 is 2.61 bits per heavy atom. The summed E-state index contributed by atoms with van der Waals surface area (Å²) in [6, 6.07) is 15.7. The first-order chi connectivity index (χ1) is 15.8. The summed E-state index contributed by atoms with van der Waals surface area (Å²) in [4.78, 5) is 4.49. The molecule has 3 nitrogen and oxygen atoms in total. The molecule has 3 aliphatic rings. The minimum absolute atomic E-state index is 0.180. The summed E-state index contributed by atoms with van der Waals surface area (Å²) in [5.74, 6) is 0.963. The molecule has 6 rings (SSSR count). The van der Waals surface area contributed by atoms with Gasteiger partial charge in [-0.1, -0.05) is 36.4 Å². The number of alkyl halides is 3. The quantitative estimate of drug-likeness (QED) is 0.389. The molecule has 3 fully saturated rings. The van der Waals surface area contributed by atoms with Crippen LogP contribution in [0.15, 0.2) is 73.4 Å². The Labute approximate surface area is 192 Å². The number of benzene rings is 2. The van der Waals surface area contributed by atoms with Crippen LogP contribution in [0.25, 0.3) is 10.9 Å². The van der Waals surface area contributed by atoms with Gasteiger partial charge in [-0.15, -0.1) is 6.58 Å². The Morgan fingerprint density at radius 2 is 1.88 bits per heavy atom. The van der Waals surface area contributed by atoms with Crippen LogP contribution >= 0.6 is 0 Å². The Morgan fingerprint density at radius 1 is 1.12 bits per heavy atom. The lowest BCUT2D eigenvalue weighted by molar-refractivity contribution is -0.982. The average molecular weight is 453 g/mol. The second kappa shape index (κ2) is 8.26. The number of piperidine rings is 3. The van der Waals surface area contributed by atoms with E-state index in [1.165, 1.54) is 12.1 Å². The number of quaternary nitrogens is 1. The molecule has 3 aliphatic heterocycles. The predicted octanol–water partition coefficient (Wildman–Crippen LogP) is 5.86. The molecule has 5 atom stereocenters. The fourth-order valence-electron chi connectivity index (χ4n) is 6.22. The number of pyridine rings is 1. The van der Waals surface area contributed by atoms with Crippen molar-refractivity contribution in [3.05, 3.63) is 90.1 Å². The number of nitrogens with two attached hydrogens (primary N) is 1. The van der Waals surface area contributed by atoms with Crippen molar-refractivity contribution in [1.82, 2.24) is 4.98 Å². The van der Waals surface area contributed by atoms with Crippen LogP contribution in [-0.2, 0) is 12.7 Å². The average Bonchev–Trinajstić information content (AvgIpc) is 2.83. The zero-order valence-electron chi connectivity index (χ0n) is 18.5. The summed E-state index contributed by atoms with van der Waals surface area (Å²) in [6.45, 7) is 6.66. The first kappa shape index (κ1) is 22.1. The maximum atomic E-state index is 13.1. The normalized spacial score (nSPS) is 28.1. The molecule has 1 aromatic heterocycles. The van der Waals surface area contributed by atoms with Crippen LogP contribution in [-0.4, -0.2) is 28.6 Å². The number of aromatic nitrogens is 1. The summed E-state index contributed by atoms with van der Waals surface area (Å²) >= 11 is 0. The molecule has 0 spiro atoms. The summed E-state index contributed by atoms with van der Waals surface area (Å²) < 4.78 is 40.0. The van der Waals surface area contributed by atoms with Crippen molar-refractivity contribution in [3.63, 3.8) is 0 Å².